The van der Waals surface area contributed by atoms with E-state index in [9.17, 15) is 28.8 Å². The van der Waals surface area contributed by atoms with Gasteiger partial charge in [-0.25, -0.2) is 20.6 Å². The van der Waals surface area contributed by atoms with E-state index in [4.69, 9.17) is 29.4 Å². The molecule has 0 spiro atoms. The van der Waals surface area contributed by atoms with Crippen LogP contribution in [0.5, 0.6) is 0 Å². The van der Waals surface area contributed by atoms with Crippen molar-refractivity contribution in [2.24, 2.45) is 16.2 Å². The summed E-state index contributed by atoms with van der Waals surface area (Å²) in [7, 11) is 0. The summed E-state index contributed by atoms with van der Waals surface area (Å²) in [5, 5.41) is 17.2. The molecule has 236 valence electrons. The van der Waals surface area contributed by atoms with Crippen LogP contribution in [0, 0.1) is 16.2 Å². The van der Waals surface area contributed by atoms with Crippen molar-refractivity contribution in [1.82, 2.24) is 11.0 Å². The smallest absolute Gasteiger partial charge is 0.318 e. The van der Waals surface area contributed by atoms with Gasteiger partial charge in [0.1, 0.15) is 27.8 Å². The number of rotatable bonds is 10. The summed E-state index contributed by atoms with van der Waals surface area (Å²) >= 11 is 0. The van der Waals surface area contributed by atoms with Gasteiger partial charge in [-0.2, -0.15) is 0 Å². The fraction of sp³-hybridized carbons (Fsp3) is 0.778. The number of Topliss-reactive ketones (excluding diaryl/α,β-unsaturated/α-hetero) is 2. The number of carboxylic acids is 2. The van der Waals surface area contributed by atoms with E-state index in [-0.39, 0.29) is 17.9 Å². The van der Waals surface area contributed by atoms with E-state index in [0.29, 0.717) is 19.6 Å². The fourth-order valence-corrected chi connectivity index (χ4v) is 2.51. The largest absolute Gasteiger partial charge is 0.481 e. The van der Waals surface area contributed by atoms with Gasteiger partial charge in [0.2, 0.25) is 0 Å². The first-order chi connectivity index (χ1) is 18.8. The van der Waals surface area contributed by atoms with Crippen molar-refractivity contribution in [1.29, 1.82) is 0 Å². The summed E-state index contributed by atoms with van der Waals surface area (Å²) < 4.78 is 10.5. The van der Waals surface area contributed by atoms with Gasteiger partial charge >= 0.3 is 11.9 Å². The van der Waals surface area contributed by atoms with E-state index in [1.165, 1.54) is 41.5 Å². The van der Waals surface area contributed by atoms with E-state index in [1.807, 2.05) is 0 Å². The van der Waals surface area contributed by atoms with Crippen molar-refractivity contribution in [2.75, 3.05) is 13.2 Å². The number of ether oxygens (including phenoxy) is 2. The van der Waals surface area contributed by atoms with Crippen LogP contribution in [0.2, 0.25) is 0 Å². The molecule has 2 unspecified atom stereocenters. The van der Waals surface area contributed by atoms with Crippen LogP contribution in [0.15, 0.2) is 0 Å². The summed E-state index contributed by atoms with van der Waals surface area (Å²) in [6.07, 6.45) is 4.61. The third-order valence-corrected chi connectivity index (χ3v) is 6.81. The van der Waals surface area contributed by atoms with Gasteiger partial charge in [-0.3, -0.25) is 28.8 Å². The number of hydrogen-bond donors (Lipinski definition) is 4. The Kier molecular flexibility index (Phi) is 15.9. The number of aliphatic carboxylic acids is 2. The number of carbonyl (C=O) groups excluding carboxylic acids is 4. The van der Waals surface area contributed by atoms with Gasteiger partial charge in [0.25, 0.3) is 11.8 Å². The van der Waals surface area contributed by atoms with Crippen LogP contribution in [-0.4, -0.2) is 71.3 Å². The van der Waals surface area contributed by atoms with Crippen molar-refractivity contribution in [3.63, 3.8) is 0 Å². The summed E-state index contributed by atoms with van der Waals surface area (Å²) in [6.45, 7) is 12.4. The molecule has 2 saturated heterocycles. The summed E-state index contributed by atoms with van der Waals surface area (Å²) in [6, 6.07) is 0. The minimum atomic E-state index is -1.51. The number of carboxylic acid groups (broad SMARTS) is 2. The Morgan fingerprint density at radius 1 is 0.610 bits per heavy atom. The van der Waals surface area contributed by atoms with E-state index in [0.717, 1.165) is 32.1 Å². The van der Waals surface area contributed by atoms with Crippen LogP contribution in [-0.2, 0) is 47.9 Å². The number of ketones is 2. The first kappa shape index (κ1) is 38.1. The molecule has 2 atom stereocenters. The molecule has 41 heavy (non-hydrogen) atoms. The molecular formula is C27H46N2O12. The van der Waals surface area contributed by atoms with Crippen LogP contribution in [0.1, 0.15) is 93.9 Å². The zero-order valence-electron chi connectivity index (χ0n) is 25.3. The number of amides is 2. The zero-order chi connectivity index (χ0) is 32.0. The van der Waals surface area contributed by atoms with Gasteiger partial charge < -0.3 is 19.7 Å². The molecule has 14 heteroatoms. The lowest BCUT2D eigenvalue weighted by molar-refractivity contribution is -0.205. The van der Waals surface area contributed by atoms with E-state index < -0.39 is 46.3 Å². The van der Waals surface area contributed by atoms with Gasteiger partial charge in [-0.1, -0.05) is 0 Å². The maximum atomic E-state index is 11.6. The first-order valence-corrected chi connectivity index (χ1v) is 13.4. The van der Waals surface area contributed by atoms with Gasteiger partial charge in [-0.05, 0) is 81.1 Å². The molecule has 2 amide bonds. The lowest BCUT2D eigenvalue weighted by Gasteiger charge is -2.25. The number of nitrogens with one attached hydrogen (secondary N) is 2. The highest BCUT2D eigenvalue weighted by Gasteiger charge is 2.37. The van der Waals surface area contributed by atoms with Crippen molar-refractivity contribution < 1.29 is 58.1 Å². The Hall–Kier alpha value is -2.94. The lowest BCUT2D eigenvalue weighted by Crippen LogP contribution is -2.44. The molecule has 2 aliphatic heterocycles. The number of hydrogen-bond acceptors (Lipinski definition) is 10. The summed E-state index contributed by atoms with van der Waals surface area (Å²) in [5.74, 6) is -3.91. The highest BCUT2D eigenvalue weighted by Crippen LogP contribution is 2.19. The number of hydroxylamine groups is 2. The second-order valence-corrected chi connectivity index (χ2v) is 11.3. The third-order valence-electron chi connectivity index (χ3n) is 6.81. The van der Waals surface area contributed by atoms with Crippen LogP contribution in [0.3, 0.4) is 0 Å². The summed E-state index contributed by atoms with van der Waals surface area (Å²) in [4.78, 5) is 76.0. The minimum Gasteiger partial charge on any atom is -0.481 e. The van der Waals surface area contributed by atoms with E-state index in [1.54, 1.807) is 13.8 Å². The molecule has 0 saturated carbocycles. The molecule has 0 aromatic heterocycles. The molecule has 0 radical (unpaired) electrons. The van der Waals surface area contributed by atoms with Gasteiger partial charge in [0.05, 0.1) is 0 Å². The lowest BCUT2D eigenvalue weighted by atomic mass is 9.88. The molecule has 2 fully saturated rings. The molecule has 2 heterocycles. The predicted molar refractivity (Wildman–Crippen MR) is 144 cm³/mol. The fourth-order valence-electron chi connectivity index (χ4n) is 2.51. The normalized spacial score (nSPS) is 19.2. The minimum absolute atomic E-state index is 0.196. The maximum absolute atomic E-state index is 11.6. The SMILES string of the molecule is CC(=O)C(C)(C)C(=O)NOC1CCCCO1.CC(=O)C(C)(C)C(=O)O.CC(C)(C(=O)O)C(=O)NOC1CCCCO1. The molecular weight excluding hydrogens is 544 g/mol. The second-order valence-electron chi connectivity index (χ2n) is 11.3. The van der Waals surface area contributed by atoms with E-state index in [2.05, 4.69) is 11.0 Å². The molecule has 14 nitrogen and oxygen atoms in total. The zero-order valence-corrected chi connectivity index (χ0v) is 25.3. The predicted octanol–water partition coefficient (Wildman–Crippen LogP) is 2.53. The molecule has 0 bridgehead atoms. The van der Waals surface area contributed by atoms with Crippen molar-refractivity contribution in [2.45, 2.75) is 106 Å². The average molecular weight is 591 g/mol. The number of carbonyl (C=O) groups is 6. The Balaban J connectivity index is 0.000000612. The van der Waals surface area contributed by atoms with Gasteiger partial charge in [-0.15, -0.1) is 0 Å². The Morgan fingerprint density at radius 2 is 0.951 bits per heavy atom. The van der Waals surface area contributed by atoms with Crippen LogP contribution < -0.4 is 11.0 Å². The van der Waals surface area contributed by atoms with Crippen LogP contribution in [0.25, 0.3) is 0 Å². The molecule has 0 aromatic rings. The van der Waals surface area contributed by atoms with Gasteiger partial charge in [0.15, 0.2) is 12.6 Å². The third kappa shape index (κ3) is 13.1. The highest BCUT2D eigenvalue weighted by molar-refractivity contribution is 6.03. The average Bonchev–Trinajstić information content (AvgIpc) is 2.91. The topological polar surface area (TPSA) is 204 Å². The standard InChI is InChI=1S/C11H19NO4.C10H17NO5.C6H10O3/c1-8(13)11(2,3)10(14)12-16-9-6-4-5-7-15-9;1-10(2,9(13)14)8(12)11-16-7-5-3-4-6-15-7;1-4(7)6(2,3)5(8)9/h9H,4-7H2,1-3H3,(H,12,14);7H,3-6H2,1-2H3,(H,11,12)(H,13,14);1-3H3,(H,8,9). The van der Waals surface area contributed by atoms with Crippen molar-refractivity contribution in [3.05, 3.63) is 0 Å². The highest BCUT2D eigenvalue weighted by atomic mass is 16.8. The Morgan fingerprint density at radius 3 is 1.20 bits per heavy atom. The van der Waals surface area contributed by atoms with Crippen LogP contribution in [0.4, 0.5) is 0 Å². The quantitative estimate of drug-likeness (QED) is 0.214. The monoisotopic (exact) mass is 590 g/mol. The molecule has 2 rings (SSSR count). The van der Waals surface area contributed by atoms with Crippen molar-refractivity contribution in [3.8, 4) is 0 Å². The Bertz CT molecular complexity index is 845. The first-order valence-electron chi connectivity index (χ1n) is 13.4. The van der Waals surface area contributed by atoms with Crippen molar-refractivity contribution >= 4 is 35.3 Å². The second kappa shape index (κ2) is 17.1. The Labute approximate surface area is 240 Å². The van der Waals surface area contributed by atoms with E-state index >= 15 is 0 Å². The summed E-state index contributed by atoms with van der Waals surface area (Å²) in [5.41, 5.74) is 0.630. The molecule has 4 N–H and O–H groups in total. The maximum Gasteiger partial charge on any atom is 0.318 e. The molecule has 0 aliphatic carbocycles. The molecule has 0 aromatic carbocycles. The van der Waals surface area contributed by atoms with Gasteiger partial charge in [0, 0.05) is 26.1 Å². The van der Waals surface area contributed by atoms with Crippen LogP contribution >= 0.6 is 0 Å². The molecule has 2 aliphatic rings.